The SMILES string of the molecule is CCNS(=O)(=O)c1ccc(C(=O)NCc2ccc(OC(C)C)cc2)cc1. The van der Waals surface area contributed by atoms with Crippen molar-refractivity contribution in [2.45, 2.75) is 38.3 Å². The summed E-state index contributed by atoms with van der Waals surface area (Å²) in [5.74, 6) is 0.521. The van der Waals surface area contributed by atoms with Crippen LogP contribution >= 0.6 is 0 Å². The van der Waals surface area contributed by atoms with Gasteiger partial charge in [-0.2, -0.15) is 0 Å². The van der Waals surface area contributed by atoms with E-state index >= 15 is 0 Å². The Morgan fingerprint density at radius 1 is 1.04 bits per heavy atom. The lowest BCUT2D eigenvalue weighted by molar-refractivity contribution is 0.0951. The van der Waals surface area contributed by atoms with Gasteiger partial charge in [0.1, 0.15) is 5.75 Å². The van der Waals surface area contributed by atoms with Crippen molar-refractivity contribution in [1.29, 1.82) is 0 Å². The summed E-state index contributed by atoms with van der Waals surface area (Å²) in [6.45, 7) is 6.32. The first-order chi connectivity index (χ1) is 12.3. The molecule has 0 aliphatic rings. The number of ether oxygens (including phenoxy) is 1. The van der Waals surface area contributed by atoms with E-state index in [9.17, 15) is 13.2 Å². The monoisotopic (exact) mass is 376 g/mol. The average Bonchev–Trinajstić information content (AvgIpc) is 2.60. The van der Waals surface area contributed by atoms with Gasteiger partial charge in [-0.1, -0.05) is 19.1 Å². The Balaban J connectivity index is 1.95. The van der Waals surface area contributed by atoms with Crippen LogP contribution in [0.1, 0.15) is 36.7 Å². The molecule has 2 aromatic carbocycles. The van der Waals surface area contributed by atoms with Crippen LogP contribution in [0, 0.1) is 0 Å². The third-order valence-corrected chi connectivity index (χ3v) is 5.07. The second-order valence-electron chi connectivity index (χ2n) is 6.02. The van der Waals surface area contributed by atoms with E-state index in [2.05, 4.69) is 10.0 Å². The van der Waals surface area contributed by atoms with E-state index in [1.807, 2.05) is 38.1 Å². The molecule has 6 nitrogen and oxygen atoms in total. The second-order valence-corrected chi connectivity index (χ2v) is 7.79. The van der Waals surface area contributed by atoms with Gasteiger partial charge in [0, 0.05) is 18.7 Å². The zero-order valence-electron chi connectivity index (χ0n) is 15.2. The number of rotatable bonds is 8. The molecule has 0 spiro atoms. The molecule has 0 radical (unpaired) electrons. The van der Waals surface area contributed by atoms with Gasteiger partial charge in [-0.05, 0) is 55.8 Å². The third-order valence-electron chi connectivity index (χ3n) is 3.51. The van der Waals surface area contributed by atoms with E-state index in [-0.39, 0.29) is 16.9 Å². The van der Waals surface area contributed by atoms with E-state index < -0.39 is 10.0 Å². The quantitative estimate of drug-likeness (QED) is 0.742. The van der Waals surface area contributed by atoms with Gasteiger partial charge in [0.2, 0.25) is 10.0 Å². The smallest absolute Gasteiger partial charge is 0.251 e. The van der Waals surface area contributed by atoms with Gasteiger partial charge >= 0.3 is 0 Å². The van der Waals surface area contributed by atoms with Crippen molar-refractivity contribution in [3.63, 3.8) is 0 Å². The van der Waals surface area contributed by atoms with Crippen molar-refractivity contribution in [3.05, 3.63) is 59.7 Å². The number of sulfonamides is 1. The molecular formula is C19H24N2O4S. The minimum atomic E-state index is -3.51. The summed E-state index contributed by atoms with van der Waals surface area (Å²) in [7, 11) is -3.51. The number of amides is 1. The lowest BCUT2D eigenvalue weighted by Crippen LogP contribution is -2.24. The molecule has 26 heavy (non-hydrogen) atoms. The fourth-order valence-corrected chi connectivity index (χ4v) is 3.34. The predicted octanol–water partition coefficient (Wildman–Crippen LogP) is 2.70. The van der Waals surface area contributed by atoms with Crippen LogP contribution < -0.4 is 14.8 Å². The Morgan fingerprint density at radius 2 is 1.65 bits per heavy atom. The van der Waals surface area contributed by atoms with Crippen molar-refractivity contribution >= 4 is 15.9 Å². The van der Waals surface area contributed by atoms with Crippen LogP contribution in [0.2, 0.25) is 0 Å². The predicted molar refractivity (Wildman–Crippen MR) is 101 cm³/mol. The maximum Gasteiger partial charge on any atom is 0.251 e. The van der Waals surface area contributed by atoms with Crippen molar-refractivity contribution in [2.75, 3.05) is 6.54 Å². The highest BCUT2D eigenvalue weighted by molar-refractivity contribution is 7.89. The largest absolute Gasteiger partial charge is 0.491 e. The molecule has 0 heterocycles. The van der Waals surface area contributed by atoms with E-state index in [4.69, 9.17) is 4.74 Å². The fraction of sp³-hybridized carbons (Fsp3) is 0.316. The highest BCUT2D eigenvalue weighted by Crippen LogP contribution is 2.14. The van der Waals surface area contributed by atoms with Crippen LogP contribution in [0.3, 0.4) is 0 Å². The van der Waals surface area contributed by atoms with Crippen LogP contribution in [0.25, 0.3) is 0 Å². The molecular weight excluding hydrogens is 352 g/mol. The number of nitrogens with one attached hydrogen (secondary N) is 2. The number of hydrogen-bond acceptors (Lipinski definition) is 4. The molecule has 0 aromatic heterocycles. The zero-order chi connectivity index (χ0) is 19.2. The molecule has 140 valence electrons. The first-order valence-corrected chi connectivity index (χ1v) is 9.93. The molecule has 1 amide bonds. The molecule has 0 bridgehead atoms. The summed E-state index contributed by atoms with van der Waals surface area (Å²) in [6.07, 6.45) is 0.111. The number of carbonyl (C=O) groups excluding carboxylic acids is 1. The lowest BCUT2D eigenvalue weighted by atomic mass is 10.2. The van der Waals surface area contributed by atoms with Gasteiger partial charge in [0.05, 0.1) is 11.0 Å². The Hall–Kier alpha value is -2.38. The molecule has 7 heteroatoms. The van der Waals surface area contributed by atoms with E-state index in [1.54, 1.807) is 6.92 Å². The Labute approximate surface area is 154 Å². The molecule has 2 N–H and O–H groups in total. The first kappa shape index (κ1) is 19.9. The maximum absolute atomic E-state index is 12.2. The summed E-state index contributed by atoms with van der Waals surface area (Å²) in [5, 5.41) is 2.81. The molecule has 0 aliphatic carbocycles. The molecule has 2 aromatic rings. The van der Waals surface area contributed by atoms with Gasteiger partial charge in [0.15, 0.2) is 0 Å². The van der Waals surface area contributed by atoms with Gasteiger partial charge in [0.25, 0.3) is 5.91 Å². The highest BCUT2D eigenvalue weighted by atomic mass is 32.2. The number of benzene rings is 2. The average molecular weight is 376 g/mol. The Bertz CT molecular complexity index is 829. The van der Waals surface area contributed by atoms with Gasteiger partial charge in [-0.3, -0.25) is 4.79 Å². The molecule has 0 saturated heterocycles. The molecule has 2 rings (SSSR count). The second kappa shape index (κ2) is 8.82. The van der Waals surface area contributed by atoms with Crippen LogP contribution in [0.15, 0.2) is 53.4 Å². The Morgan fingerprint density at radius 3 is 2.19 bits per heavy atom. The van der Waals surface area contributed by atoms with Crippen molar-refractivity contribution in [3.8, 4) is 5.75 Å². The standard InChI is InChI=1S/C19H24N2O4S/c1-4-21-26(23,24)18-11-7-16(8-12-18)19(22)20-13-15-5-9-17(10-6-15)25-14(2)3/h5-12,14,21H,4,13H2,1-3H3,(H,20,22). The number of carbonyl (C=O) groups is 1. The molecule has 0 atom stereocenters. The van der Waals surface area contributed by atoms with E-state index in [0.29, 0.717) is 18.7 Å². The van der Waals surface area contributed by atoms with Crippen LogP contribution in [0.4, 0.5) is 0 Å². The summed E-state index contributed by atoms with van der Waals surface area (Å²) in [6, 6.07) is 13.4. The van der Waals surface area contributed by atoms with E-state index in [1.165, 1.54) is 24.3 Å². The topological polar surface area (TPSA) is 84.5 Å². The van der Waals surface area contributed by atoms with Crippen molar-refractivity contribution < 1.29 is 17.9 Å². The van der Waals surface area contributed by atoms with Gasteiger partial charge < -0.3 is 10.1 Å². The molecule has 0 saturated carbocycles. The van der Waals surface area contributed by atoms with Crippen LogP contribution in [-0.4, -0.2) is 27.0 Å². The highest BCUT2D eigenvalue weighted by Gasteiger charge is 2.13. The summed E-state index contributed by atoms with van der Waals surface area (Å²) in [5.41, 5.74) is 1.35. The normalized spacial score (nSPS) is 11.4. The molecule has 0 fully saturated rings. The van der Waals surface area contributed by atoms with Crippen molar-refractivity contribution in [1.82, 2.24) is 10.0 Å². The van der Waals surface area contributed by atoms with E-state index in [0.717, 1.165) is 11.3 Å². The summed E-state index contributed by atoms with van der Waals surface area (Å²) in [4.78, 5) is 12.4. The lowest BCUT2D eigenvalue weighted by Gasteiger charge is -2.10. The number of hydrogen-bond donors (Lipinski definition) is 2. The molecule has 0 unspecified atom stereocenters. The van der Waals surface area contributed by atoms with Crippen LogP contribution in [0.5, 0.6) is 5.75 Å². The maximum atomic E-state index is 12.2. The Kier molecular flexibility index (Phi) is 6.76. The zero-order valence-corrected chi connectivity index (χ0v) is 16.0. The molecule has 0 aliphatic heterocycles. The minimum absolute atomic E-state index is 0.111. The van der Waals surface area contributed by atoms with Gasteiger partial charge in [-0.15, -0.1) is 0 Å². The first-order valence-electron chi connectivity index (χ1n) is 8.45. The van der Waals surface area contributed by atoms with Gasteiger partial charge in [-0.25, -0.2) is 13.1 Å². The fourth-order valence-electron chi connectivity index (χ4n) is 2.30. The van der Waals surface area contributed by atoms with Crippen molar-refractivity contribution in [2.24, 2.45) is 0 Å². The van der Waals surface area contributed by atoms with Crippen LogP contribution in [-0.2, 0) is 16.6 Å². The summed E-state index contributed by atoms with van der Waals surface area (Å²) >= 11 is 0. The third kappa shape index (κ3) is 5.57. The minimum Gasteiger partial charge on any atom is -0.491 e. The summed E-state index contributed by atoms with van der Waals surface area (Å²) < 4.78 is 31.8.